The second-order valence-electron chi connectivity index (χ2n) is 12.0. The number of nitrogens with one attached hydrogen (secondary N) is 1. The molecule has 0 unspecified atom stereocenters. The van der Waals surface area contributed by atoms with E-state index in [-0.39, 0.29) is 47.6 Å². The van der Waals surface area contributed by atoms with E-state index >= 15 is 0 Å². The first-order valence-electron chi connectivity index (χ1n) is 13.6. The van der Waals surface area contributed by atoms with Crippen LogP contribution in [0.4, 0.5) is 0 Å². The molecule has 0 aliphatic heterocycles. The first kappa shape index (κ1) is 29.1. The quantitative estimate of drug-likeness (QED) is 0.302. The fourth-order valence-electron chi connectivity index (χ4n) is 7.85. The van der Waals surface area contributed by atoms with Crippen molar-refractivity contribution in [2.24, 2.45) is 28.6 Å². The van der Waals surface area contributed by atoms with Gasteiger partial charge in [-0.25, -0.2) is 4.79 Å². The highest BCUT2D eigenvalue weighted by molar-refractivity contribution is 5.95. The van der Waals surface area contributed by atoms with Crippen molar-refractivity contribution in [2.45, 2.75) is 83.3 Å². The Morgan fingerprint density at radius 2 is 1.82 bits per heavy atom. The van der Waals surface area contributed by atoms with Crippen molar-refractivity contribution in [3.8, 4) is 0 Å². The Balaban J connectivity index is 1.39. The Kier molecular flexibility index (Phi) is 7.88. The highest BCUT2D eigenvalue weighted by atomic mass is 16.5. The van der Waals surface area contributed by atoms with Crippen molar-refractivity contribution in [3.05, 3.63) is 11.6 Å². The van der Waals surface area contributed by atoms with Gasteiger partial charge in [-0.2, -0.15) is 0 Å². The summed E-state index contributed by atoms with van der Waals surface area (Å²) in [6, 6.07) is -1.49. The number of amides is 1. The lowest BCUT2D eigenvalue weighted by Crippen LogP contribution is -2.61. The van der Waals surface area contributed by atoms with E-state index in [4.69, 9.17) is 14.9 Å². The molecular weight excluding hydrogens is 510 g/mol. The average Bonchev–Trinajstić information content (AvgIpc) is 3.15. The molecule has 1 amide bonds. The number of carboxylic acid groups (broad SMARTS) is 1. The molecule has 7 atom stereocenters. The number of hydrogen-bond acceptors (Lipinski definition) is 9. The summed E-state index contributed by atoms with van der Waals surface area (Å²) in [5, 5.41) is 31.6. The maximum Gasteiger partial charge on any atom is 0.328 e. The zero-order chi connectivity index (χ0) is 28.8. The number of carboxylic acids is 1. The van der Waals surface area contributed by atoms with Gasteiger partial charge in [0.15, 0.2) is 12.4 Å². The lowest BCUT2D eigenvalue weighted by atomic mass is 9.46. The number of aliphatic hydroxyl groups excluding tert-OH is 1. The van der Waals surface area contributed by atoms with E-state index in [1.165, 1.54) is 0 Å². The lowest BCUT2D eigenvalue weighted by Gasteiger charge is -2.57. The third-order valence-electron chi connectivity index (χ3n) is 10.0. The lowest BCUT2D eigenvalue weighted by molar-refractivity contribution is -0.173. The first-order valence-corrected chi connectivity index (χ1v) is 13.6. The van der Waals surface area contributed by atoms with E-state index < -0.39 is 66.7 Å². The highest BCUT2D eigenvalue weighted by Crippen LogP contribution is 2.66. The molecule has 3 saturated carbocycles. The average molecular weight is 548 g/mol. The van der Waals surface area contributed by atoms with Crippen LogP contribution in [0.25, 0.3) is 0 Å². The van der Waals surface area contributed by atoms with Gasteiger partial charge in [-0.05, 0) is 55.4 Å². The van der Waals surface area contributed by atoms with Crippen LogP contribution in [-0.2, 0) is 33.5 Å². The van der Waals surface area contributed by atoms with Crippen LogP contribution < -0.4 is 5.32 Å². The predicted molar refractivity (Wildman–Crippen MR) is 134 cm³/mol. The molecule has 0 heterocycles. The highest BCUT2D eigenvalue weighted by Gasteiger charge is 2.68. The summed E-state index contributed by atoms with van der Waals surface area (Å²) in [7, 11) is 0. The van der Waals surface area contributed by atoms with E-state index in [0.717, 1.165) is 5.57 Å². The Morgan fingerprint density at radius 1 is 1.10 bits per heavy atom. The number of carbonyl (C=O) groups is 6. The molecule has 214 valence electrons. The second-order valence-corrected chi connectivity index (χ2v) is 12.0. The van der Waals surface area contributed by atoms with E-state index in [2.05, 4.69) is 12.2 Å². The van der Waals surface area contributed by atoms with Gasteiger partial charge in [0.25, 0.3) is 0 Å². The minimum absolute atomic E-state index is 0.000115. The number of ketones is 3. The second kappa shape index (κ2) is 10.6. The number of aliphatic hydroxyl groups is 2. The molecule has 4 N–H and O–H groups in total. The number of hydrogen-bond donors (Lipinski definition) is 4. The molecule has 0 aromatic rings. The van der Waals surface area contributed by atoms with Crippen LogP contribution in [-0.4, -0.2) is 75.4 Å². The standard InChI is InChI=1S/C28H37NO10/c1-26-9-7-16(31)11-15(26)3-4-17-18-8-10-28(38,27(18,2)12-20(32)24(17)26)21(33)14-39-23(35)6-5-22(34)29-19(13-30)25(36)37/h11,17-19,24,30,38H,3-10,12-14H2,1-2H3,(H,29,34)(H,36,37)/t17-,18-,19-,24+,26-,27-,28-/m0/s1. The molecule has 0 aromatic heterocycles. The summed E-state index contributed by atoms with van der Waals surface area (Å²) in [4.78, 5) is 73.9. The van der Waals surface area contributed by atoms with Crippen molar-refractivity contribution >= 4 is 35.2 Å². The molecule has 0 saturated heterocycles. The SMILES string of the molecule is C[C@]12CCC(=O)C=C1CC[C@@H]1[C@@H]2C(=O)C[C@@]2(C)[C@H]1CC[C@]2(O)C(=O)COC(=O)CCC(=O)N[C@@H](CO)C(=O)O. The monoisotopic (exact) mass is 547 g/mol. The number of esters is 1. The van der Waals surface area contributed by atoms with Gasteiger partial charge in [0, 0.05) is 30.6 Å². The van der Waals surface area contributed by atoms with Crippen LogP contribution in [0, 0.1) is 28.6 Å². The van der Waals surface area contributed by atoms with E-state index in [1.54, 1.807) is 13.0 Å². The zero-order valence-electron chi connectivity index (χ0n) is 22.4. The Morgan fingerprint density at radius 3 is 2.49 bits per heavy atom. The molecule has 0 bridgehead atoms. The predicted octanol–water partition coefficient (Wildman–Crippen LogP) is 0.883. The molecule has 0 spiro atoms. The smallest absolute Gasteiger partial charge is 0.328 e. The topological polar surface area (TPSA) is 184 Å². The normalized spacial score (nSPS) is 36.1. The van der Waals surface area contributed by atoms with Crippen LogP contribution >= 0.6 is 0 Å². The van der Waals surface area contributed by atoms with Crippen molar-refractivity contribution in [2.75, 3.05) is 13.2 Å². The molecule has 11 heteroatoms. The fourth-order valence-corrected chi connectivity index (χ4v) is 7.85. The van der Waals surface area contributed by atoms with Gasteiger partial charge in [-0.3, -0.25) is 24.0 Å². The third-order valence-corrected chi connectivity index (χ3v) is 10.0. The summed E-state index contributed by atoms with van der Waals surface area (Å²) < 4.78 is 5.05. The van der Waals surface area contributed by atoms with Crippen molar-refractivity contribution in [1.82, 2.24) is 5.32 Å². The minimum atomic E-state index is -1.84. The molecule has 4 aliphatic rings. The summed E-state index contributed by atoms with van der Waals surface area (Å²) >= 11 is 0. The van der Waals surface area contributed by atoms with Gasteiger partial charge in [0.05, 0.1) is 13.0 Å². The zero-order valence-corrected chi connectivity index (χ0v) is 22.4. The fraction of sp³-hybridized carbons (Fsp3) is 0.714. The Bertz CT molecular complexity index is 1130. The molecule has 4 aliphatic carbocycles. The largest absolute Gasteiger partial charge is 0.480 e. The van der Waals surface area contributed by atoms with Crippen molar-refractivity contribution in [1.29, 1.82) is 0 Å². The maximum atomic E-state index is 13.7. The van der Waals surface area contributed by atoms with Gasteiger partial charge in [-0.15, -0.1) is 0 Å². The summed E-state index contributed by atoms with van der Waals surface area (Å²) in [5.74, 6) is -3.99. The number of aliphatic carboxylic acids is 1. The first-order chi connectivity index (χ1) is 18.3. The van der Waals surface area contributed by atoms with E-state index in [1.807, 2.05) is 0 Å². The van der Waals surface area contributed by atoms with Gasteiger partial charge < -0.3 is 25.4 Å². The van der Waals surface area contributed by atoms with Gasteiger partial charge in [-0.1, -0.05) is 19.4 Å². The van der Waals surface area contributed by atoms with Crippen molar-refractivity contribution < 1.29 is 48.8 Å². The Labute approximate surface area is 226 Å². The Hall–Kier alpha value is -2.92. The van der Waals surface area contributed by atoms with Crippen LogP contribution in [0.15, 0.2) is 11.6 Å². The van der Waals surface area contributed by atoms with Crippen LogP contribution in [0.2, 0.25) is 0 Å². The van der Waals surface area contributed by atoms with Crippen LogP contribution in [0.3, 0.4) is 0 Å². The number of fused-ring (bicyclic) bond motifs is 5. The minimum Gasteiger partial charge on any atom is -0.480 e. The molecule has 0 radical (unpaired) electrons. The number of carbonyl (C=O) groups excluding carboxylic acids is 5. The number of allylic oxidation sites excluding steroid dienone is 1. The molecule has 0 aromatic carbocycles. The molecular formula is C28H37NO10. The summed E-state index contributed by atoms with van der Waals surface area (Å²) in [5.41, 5.74) is -2.20. The molecule has 4 rings (SSSR count). The molecule has 3 fully saturated rings. The number of rotatable bonds is 9. The van der Waals surface area contributed by atoms with Gasteiger partial charge in [0.1, 0.15) is 17.4 Å². The van der Waals surface area contributed by atoms with E-state index in [0.29, 0.717) is 32.1 Å². The van der Waals surface area contributed by atoms with Crippen LogP contribution in [0.1, 0.15) is 71.6 Å². The number of Topliss-reactive ketones (excluding diaryl/α,β-unsaturated/α-hetero) is 2. The maximum absolute atomic E-state index is 13.7. The van der Waals surface area contributed by atoms with Crippen molar-refractivity contribution in [3.63, 3.8) is 0 Å². The van der Waals surface area contributed by atoms with Crippen LogP contribution in [0.5, 0.6) is 0 Å². The van der Waals surface area contributed by atoms with E-state index in [9.17, 15) is 33.9 Å². The van der Waals surface area contributed by atoms with Gasteiger partial charge in [0.2, 0.25) is 11.7 Å². The summed E-state index contributed by atoms with van der Waals surface area (Å²) in [6.07, 6.45) is 4.10. The molecule has 39 heavy (non-hydrogen) atoms. The molecule has 11 nitrogen and oxygen atoms in total. The summed E-state index contributed by atoms with van der Waals surface area (Å²) in [6.45, 7) is 2.34. The van der Waals surface area contributed by atoms with Gasteiger partial charge >= 0.3 is 11.9 Å². The third kappa shape index (κ3) is 4.95. The number of ether oxygens (including phenoxy) is 1.